The first-order chi connectivity index (χ1) is 30.2. The summed E-state index contributed by atoms with van der Waals surface area (Å²) in [4.78, 5) is 18.0. The van der Waals surface area contributed by atoms with Crippen LogP contribution in [0.5, 0.6) is 0 Å². The van der Waals surface area contributed by atoms with E-state index in [1.54, 1.807) is 48.6 Å². The van der Waals surface area contributed by atoms with E-state index in [9.17, 15) is 51.9 Å². The predicted molar refractivity (Wildman–Crippen MR) is 230 cm³/mol. The Kier molecular flexibility index (Phi) is 11.6. The molecule has 21 heteroatoms. The van der Waals surface area contributed by atoms with Crippen LogP contribution in [-0.2, 0) is 60.0 Å². The number of rotatable bonds is 8. The minimum absolute atomic E-state index is 0. The van der Waals surface area contributed by atoms with Crippen molar-refractivity contribution in [2.45, 2.75) is 19.6 Å². The molecule has 0 saturated heterocycles. The van der Waals surface area contributed by atoms with E-state index >= 15 is 0 Å². The molecule has 322 valence electrons. The molecule has 4 aromatic carbocycles. The molecule has 0 atom stereocenters. The molecule has 0 aliphatic carbocycles. The molecule has 0 unspecified atom stereocenters. The van der Waals surface area contributed by atoms with Gasteiger partial charge >= 0.3 is 19.5 Å². The van der Waals surface area contributed by atoms with E-state index in [4.69, 9.17) is 19.9 Å². The number of hydrogen-bond donors (Lipinski definition) is 0. The zero-order chi connectivity index (χ0) is 45.3. The Morgan fingerprint density at radius 3 is 0.662 bits per heavy atom. The first-order valence-electron chi connectivity index (χ1n) is 18.5. The molecule has 9 rings (SSSR count). The van der Waals surface area contributed by atoms with Crippen LogP contribution in [-0.4, -0.2) is 61.9 Å². The van der Waals surface area contributed by atoms with Gasteiger partial charge in [-0.25, -0.2) is 43.6 Å². The van der Waals surface area contributed by atoms with Crippen LogP contribution >= 0.6 is 0 Å². The molecule has 2 aliphatic rings. The summed E-state index contributed by atoms with van der Waals surface area (Å²) >= 11 is 0. The van der Waals surface area contributed by atoms with Gasteiger partial charge in [-0.1, -0.05) is 72.8 Å². The summed E-state index contributed by atoms with van der Waals surface area (Å²) in [5, 5.41) is 0. The Morgan fingerprint density at radius 1 is 0.308 bits per heavy atom. The maximum atomic E-state index is 11.9. The van der Waals surface area contributed by atoms with Gasteiger partial charge in [-0.05, 0) is 117 Å². The molecule has 0 spiro atoms. The summed E-state index contributed by atoms with van der Waals surface area (Å²) in [6.45, 7) is 0. The number of aromatic nitrogens is 4. The molecular weight excluding hydrogens is 970 g/mol. The SMILES string of the molecule is O=S(=O)([O-])c1ccc(-c2c3nc(c(-c4ccc(S(=O)(=O)[O-])cc4)c4ccc([n-]4)c(-c4ccc(S(=O)(=O)[O-])cc4)c4nc(c(-c5ccc(S(=O)(=O)[O-])cc5)c5ccc2[n-]5)C=C4)C=C3)cc1.[Zn+2]. The predicted octanol–water partition coefficient (Wildman–Crippen LogP) is 6.20. The Bertz CT molecular complexity index is 3300. The quantitative estimate of drug-likeness (QED) is 0.121. The van der Waals surface area contributed by atoms with Crippen LogP contribution in [0.4, 0.5) is 0 Å². The number of fused-ring (bicyclic) bond motifs is 8. The Balaban J connectivity index is 0.00000576. The normalized spacial score (nSPS) is 12.9. The van der Waals surface area contributed by atoms with E-state index in [2.05, 4.69) is 0 Å². The third kappa shape index (κ3) is 8.93. The van der Waals surface area contributed by atoms with Gasteiger partial charge in [-0.2, -0.15) is 0 Å². The van der Waals surface area contributed by atoms with Crippen LogP contribution in [0.3, 0.4) is 0 Å². The summed E-state index contributed by atoms with van der Waals surface area (Å²) in [6.07, 6.45) is 6.65. The Labute approximate surface area is 383 Å². The van der Waals surface area contributed by atoms with Gasteiger partial charge in [0.1, 0.15) is 40.5 Å². The van der Waals surface area contributed by atoms with Crippen molar-refractivity contribution in [3.8, 4) is 44.5 Å². The van der Waals surface area contributed by atoms with Gasteiger partial charge in [0.2, 0.25) is 0 Å². The zero-order valence-electron chi connectivity index (χ0n) is 32.9. The minimum atomic E-state index is -4.82. The van der Waals surface area contributed by atoms with E-state index in [1.165, 1.54) is 48.5 Å². The fourth-order valence-electron chi connectivity index (χ4n) is 7.42. The van der Waals surface area contributed by atoms with Crippen molar-refractivity contribution >= 4 is 86.8 Å². The standard InChI is InChI=1S/C44H28N4O12S4.Zn/c49-61(50,51)29-9-1-25(2-10-29)41-33-17-19-35(45-33)42(26-3-11-30(12-4-26)62(52,53)54)37-21-23-39(47-37)44(28-7-15-32(16-8-28)64(58,59)60)40-24-22-38(48-40)43(36-20-18-34(41)46-36)27-5-13-31(14-6-27)63(55,56)57;/h1-24H,(H,49,50,51)(H,52,53,54)(H,55,56,57)(H,58,59,60);/q-2;+2/p-4. The summed E-state index contributed by atoms with van der Waals surface area (Å²) in [5.74, 6) is 0. The third-order valence-corrected chi connectivity index (χ3v) is 13.7. The molecule has 5 heterocycles. The molecule has 0 radical (unpaired) electrons. The fraction of sp³-hybridized carbons (Fsp3) is 0. The fourth-order valence-corrected chi connectivity index (χ4v) is 9.30. The second-order valence-corrected chi connectivity index (χ2v) is 19.8. The van der Waals surface area contributed by atoms with Crippen LogP contribution in [0, 0.1) is 0 Å². The van der Waals surface area contributed by atoms with Gasteiger partial charge in [0.05, 0.1) is 42.4 Å². The Morgan fingerprint density at radius 2 is 0.492 bits per heavy atom. The van der Waals surface area contributed by atoms with Crippen LogP contribution in [0.2, 0.25) is 0 Å². The first-order valence-corrected chi connectivity index (χ1v) is 24.2. The second kappa shape index (κ2) is 16.6. The van der Waals surface area contributed by atoms with Crippen molar-refractivity contribution in [3.05, 3.63) is 144 Å². The molecule has 0 fully saturated rings. The van der Waals surface area contributed by atoms with Gasteiger partial charge in [0.25, 0.3) is 0 Å². The molecule has 7 aromatic rings. The maximum Gasteiger partial charge on any atom is 2.00 e. The molecule has 0 saturated carbocycles. The van der Waals surface area contributed by atoms with Gasteiger partial charge in [0, 0.05) is 0 Å². The van der Waals surface area contributed by atoms with Crippen molar-refractivity contribution in [2.24, 2.45) is 0 Å². The van der Waals surface area contributed by atoms with Crippen molar-refractivity contribution in [2.75, 3.05) is 0 Å². The smallest absolute Gasteiger partial charge is 0.744 e. The first kappa shape index (κ1) is 45.3. The number of nitrogens with zero attached hydrogens (tertiary/aromatic N) is 4. The molecule has 8 bridgehead atoms. The molecule has 16 nitrogen and oxygen atoms in total. The van der Waals surface area contributed by atoms with Gasteiger partial charge in [-0.3, -0.25) is 0 Å². The van der Waals surface area contributed by atoms with E-state index < -0.39 is 60.1 Å². The monoisotopic (exact) mass is 992 g/mol. The van der Waals surface area contributed by atoms with Crippen molar-refractivity contribution < 1.29 is 71.4 Å². The summed E-state index contributed by atoms with van der Waals surface area (Å²) < 4.78 is 143. The van der Waals surface area contributed by atoms with Crippen molar-refractivity contribution in [1.29, 1.82) is 0 Å². The second-order valence-electron chi connectivity index (χ2n) is 14.3. The molecule has 0 amide bonds. The summed E-state index contributed by atoms with van der Waals surface area (Å²) in [6, 6.07) is 27.2. The van der Waals surface area contributed by atoms with E-state index in [-0.39, 0.29) is 19.5 Å². The van der Waals surface area contributed by atoms with Crippen LogP contribution < -0.4 is 9.97 Å². The molecule has 65 heavy (non-hydrogen) atoms. The number of hydrogen-bond acceptors (Lipinski definition) is 14. The largest absolute Gasteiger partial charge is 2.00 e. The van der Waals surface area contributed by atoms with Gasteiger partial charge in [-0.15, -0.1) is 22.1 Å². The summed E-state index contributed by atoms with van der Waals surface area (Å²) in [5.41, 5.74) is 5.63. The summed E-state index contributed by atoms with van der Waals surface area (Å²) in [7, 11) is -19.3. The van der Waals surface area contributed by atoms with Gasteiger partial charge < -0.3 is 28.2 Å². The van der Waals surface area contributed by atoms with E-state index in [1.807, 2.05) is 0 Å². The minimum Gasteiger partial charge on any atom is -0.744 e. The van der Waals surface area contributed by atoms with E-state index in [0.717, 1.165) is 48.5 Å². The third-order valence-electron chi connectivity index (χ3n) is 10.3. The molecule has 0 N–H and O–H groups in total. The van der Waals surface area contributed by atoms with Crippen LogP contribution in [0.25, 0.3) is 90.9 Å². The zero-order valence-corrected chi connectivity index (χ0v) is 39.1. The van der Waals surface area contributed by atoms with Crippen molar-refractivity contribution in [1.82, 2.24) is 19.9 Å². The molecular formula is C44H24N4O12S4Zn-4. The topological polar surface area (TPSA) is 283 Å². The van der Waals surface area contributed by atoms with Gasteiger partial charge in [0.15, 0.2) is 0 Å². The Hall–Kier alpha value is -6.26. The maximum absolute atomic E-state index is 11.9. The average molecular weight is 994 g/mol. The number of benzene rings is 4. The average Bonchev–Trinajstić information content (AvgIpc) is 4.08. The molecule has 2 aliphatic heterocycles. The van der Waals surface area contributed by atoms with E-state index in [0.29, 0.717) is 89.4 Å². The van der Waals surface area contributed by atoms with Crippen molar-refractivity contribution in [3.63, 3.8) is 0 Å². The van der Waals surface area contributed by atoms with Crippen LogP contribution in [0.1, 0.15) is 22.8 Å². The van der Waals surface area contributed by atoms with Crippen LogP contribution in [0.15, 0.2) is 141 Å². The molecule has 3 aromatic heterocycles.